The maximum atomic E-state index is 13.2. The molecule has 0 spiro atoms. The molecule has 0 radical (unpaired) electrons. The van der Waals surface area contributed by atoms with Crippen molar-refractivity contribution < 1.29 is 14.2 Å². The van der Waals surface area contributed by atoms with Gasteiger partial charge in [-0.2, -0.15) is 0 Å². The van der Waals surface area contributed by atoms with Crippen LogP contribution in [0.4, 0.5) is 4.39 Å². The van der Waals surface area contributed by atoms with Gasteiger partial charge in [-0.05, 0) is 48.2 Å². The van der Waals surface area contributed by atoms with Crippen LogP contribution in [0.1, 0.15) is 29.7 Å². The van der Waals surface area contributed by atoms with Gasteiger partial charge in [-0.15, -0.1) is 0 Å². The first-order valence-corrected chi connectivity index (χ1v) is 10.6. The Morgan fingerprint density at radius 1 is 1.00 bits per heavy atom. The first-order valence-electron chi connectivity index (χ1n) is 10.6. The lowest BCUT2D eigenvalue weighted by Crippen LogP contribution is -2.36. The Morgan fingerprint density at radius 2 is 1.77 bits per heavy atom. The number of nitrogens with zero attached hydrogens (tertiary/aromatic N) is 2. The number of aliphatic hydroxyl groups is 1. The number of aromatic nitrogens is 1. The van der Waals surface area contributed by atoms with E-state index in [-0.39, 0.29) is 5.82 Å². The molecular weight excluding hydrogens is 379 g/mol. The molecule has 3 aromatic rings. The molecule has 1 aliphatic carbocycles. The molecule has 2 aromatic carbocycles. The smallest absolute Gasteiger partial charge is 0.123 e. The van der Waals surface area contributed by atoms with E-state index in [0.29, 0.717) is 32.3 Å². The number of halogens is 1. The van der Waals surface area contributed by atoms with E-state index >= 15 is 0 Å². The molecule has 1 aliphatic rings. The van der Waals surface area contributed by atoms with Gasteiger partial charge in [0, 0.05) is 37.6 Å². The predicted octanol–water partition coefficient (Wildman–Crippen LogP) is 4.22. The van der Waals surface area contributed by atoms with Crippen molar-refractivity contribution in [3.05, 3.63) is 95.6 Å². The third-order valence-corrected chi connectivity index (χ3v) is 5.49. The van der Waals surface area contributed by atoms with E-state index in [1.54, 1.807) is 0 Å². The molecule has 0 saturated heterocycles. The lowest BCUT2D eigenvalue weighted by molar-refractivity contribution is 0.00672. The molecule has 1 heterocycles. The largest absolute Gasteiger partial charge is 0.389 e. The highest BCUT2D eigenvalue weighted by Crippen LogP contribution is 2.28. The second-order valence-electron chi connectivity index (χ2n) is 8.07. The van der Waals surface area contributed by atoms with Crippen molar-refractivity contribution in [2.75, 3.05) is 13.2 Å². The summed E-state index contributed by atoms with van der Waals surface area (Å²) in [5.41, 5.74) is 3.38. The monoisotopic (exact) mass is 408 g/mol. The molecule has 4 rings (SSSR count). The second-order valence-corrected chi connectivity index (χ2v) is 8.07. The minimum Gasteiger partial charge on any atom is -0.389 e. The highest BCUT2D eigenvalue weighted by atomic mass is 19.1. The van der Waals surface area contributed by atoms with Crippen LogP contribution in [0.5, 0.6) is 0 Å². The van der Waals surface area contributed by atoms with Crippen LogP contribution >= 0.6 is 0 Å². The first kappa shape index (κ1) is 20.8. The molecule has 0 amide bonds. The van der Waals surface area contributed by atoms with Gasteiger partial charge < -0.3 is 14.4 Å². The fraction of sp³-hybridized carbons (Fsp3) is 0.360. The molecule has 4 nitrogen and oxygen atoms in total. The van der Waals surface area contributed by atoms with Crippen molar-refractivity contribution in [1.29, 1.82) is 0 Å². The summed E-state index contributed by atoms with van der Waals surface area (Å²) in [6.07, 6.45) is 3.89. The van der Waals surface area contributed by atoms with Crippen LogP contribution in [-0.2, 0) is 24.4 Å². The van der Waals surface area contributed by atoms with Crippen molar-refractivity contribution in [2.24, 2.45) is 0 Å². The molecule has 1 fully saturated rings. The molecular formula is C25H29FN2O2. The van der Waals surface area contributed by atoms with Crippen molar-refractivity contribution in [1.82, 2.24) is 9.47 Å². The van der Waals surface area contributed by atoms with Crippen LogP contribution in [0.25, 0.3) is 0 Å². The summed E-state index contributed by atoms with van der Waals surface area (Å²) in [6, 6.07) is 21.4. The van der Waals surface area contributed by atoms with Gasteiger partial charge in [0.15, 0.2) is 0 Å². The summed E-state index contributed by atoms with van der Waals surface area (Å²) >= 11 is 0. The summed E-state index contributed by atoms with van der Waals surface area (Å²) in [4.78, 5) is 2.35. The van der Waals surface area contributed by atoms with Crippen LogP contribution < -0.4 is 0 Å². The topological polar surface area (TPSA) is 37.6 Å². The van der Waals surface area contributed by atoms with E-state index in [0.717, 1.165) is 17.7 Å². The van der Waals surface area contributed by atoms with Crippen molar-refractivity contribution >= 4 is 0 Å². The SMILES string of the molecule is OC(COCc1ccccc1)CN(Cc1cccn1Cc1ccc(F)cc1)C1CC1. The summed E-state index contributed by atoms with van der Waals surface area (Å²) in [6.45, 7) is 2.94. The van der Waals surface area contributed by atoms with Gasteiger partial charge in [-0.1, -0.05) is 42.5 Å². The zero-order valence-electron chi connectivity index (χ0n) is 17.2. The Balaban J connectivity index is 1.31. The summed E-state index contributed by atoms with van der Waals surface area (Å²) in [5, 5.41) is 10.5. The number of rotatable bonds is 11. The standard InChI is InChI=1S/C25H29FN2O2/c26-22-10-8-20(9-11-22)15-27-14-4-7-24(27)16-28(23-12-13-23)17-25(29)19-30-18-21-5-2-1-3-6-21/h1-11,14,23,25,29H,12-13,15-19H2. The highest BCUT2D eigenvalue weighted by Gasteiger charge is 2.30. The van der Waals surface area contributed by atoms with E-state index in [4.69, 9.17) is 4.74 Å². The van der Waals surface area contributed by atoms with Gasteiger partial charge >= 0.3 is 0 Å². The van der Waals surface area contributed by atoms with Crippen molar-refractivity contribution in [2.45, 2.75) is 44.7 Å². The van der Waals surface area contributed by atoms with Crippen LogP contribution in [0.2, 0.25) is 0 Å². The van der Waals surface area contributed by atoms with Gasteiger partial charge in [-0.25, -0.2) is 4.39 Å². The Kier molecular flexibility index (Phi) is 6.95. The Bertz CT molecular complexity index is 906. The van der Waals surface area contributed by atoms with E-state index < -0.39 is 6.10 Å². The Hall–Kier alpha value is -2.47. The molecule has 1 saturated carbocycles. The molecule has 30 heavy (non-hydrogen) atoms. The minimum absolute atomic E-state index is 0.213. The Labute approximate surface area is 177 Å². The molecule has 1 aromatic heterocycles. The maximum absolute atomic E-state index is 13.2. The zero-order valence-corrected chi connectivity index (χ0v) is 17.2. The number of ether oxygens (including phenoxy) is 1. The van der Waals surface area contributed by atoms with Crippen molar-refractivity contribution in [3.8, 4) is 0 Å². The number of aliphatic hydroxyl groups excluding tert-OH is 1. The van der Waals surface area contributed by atoms with Gasteiger partial charge in [0.25, 0.3) is 0 Å². The van der Waals surface area contributed by atoms with E-state index in [1.165, 1.54) is 30.7 Å². The van der Waals surface area contributed by atoms with E-state index in [1.807, 2.05) is 48.5 Å². The van der Waals surface area contributed by atoms with Gasteiger partial charge in [0.05, 0.1) is 19.3 Å². The molecule has 158 valence electrons. The average Bonchev–Trinajstić information content (AvgIpc) is 3.51. The number of hydrogen-bond acceptors (Lipinski definition) is 3. The van der Waals surface area contributed by atoms with Gasteiger partial charge in [0.1, 0.15) is 5.82 Å². The molecule has 0 aliphatic heterocycles. The third-order valence-electron chi connectivity index (χ3n) is 5.49. The fourth-order valence-corrected chi connectivity index (χ4v) is 3.73. The normalized spacial score (nSPS) is 14.9. The second kappa shape index (κ2) is 10.0. The summed E-state index contributed by atoms with van der Waals surface area (Å²) in [5.74, 6) is -0.213. The molecule has 5 heteroatoms. The van der Waals surface area contributed by atoms with Crippen LogP contribution in [-0.4, -0.2) is 39.9 Å². The summed E-state index contributed by atoms with van der Waals surface area (Å²) < 4.78 is 21.1. The van der Waals surface area contributed by atoms with Crippen LogP contribution in [0.3, 0.4) is 0 Å². The lowest BCUT2D eigenvalue weighted by atomic mass is 10.2. The molecule has 1 atom stereocenters. The lowest BCUT2D eigenvalue weighted by Gasteiger charge is -2.25. The molecule has 1 unspecified atom stereocenters. The molecule has 0 bridgehead atoms. The third kappa shape index (κ3) is 6.02. The van der Waals surface area contributed by atoms with E-state index in [2.05, 4.69) is 21.7 Å². The van der Waals surface area contributed by atoms with E-state index in [9.17, 15) is 9.50 Å². The molecule has 1 N–H and O–H groups in total. The fourth-order valence-electron chi connectivity index (χ4n) is 3.73. The Morgan fingerprint density at radius 3 is 2.50 bits per heavy atom. The van der Waals surface area contributed by atoms with Gasteiger partial charge in [-0.3, -0.25) is 4.90 Å². The highest BCUT2D eigenvalue weighted by molar-refractivity contribution is 5.19. The predicted molar refractivity (Wildman–Crippen MR) is 115 cm³/mol. The summed E-state index contributed by atoms with van der Waals surface area (Å²) in [7, 11) is 0. The minimum atomic E-state index is -0.519. The zero-order chi connectivity index (χ0) is 20.8. The van der Waals surface area contributed by atoms with Crippen molar-refractivity contribution in [3.63, 3.8) is 0 Å². The van der Waals surface area contributed by atoms with Crippen LogP contribution in [0.15, 0.2) is 72.9 Å². The first-order chi connectivity index (χ1) is 14.7. The average molecular weight is 409 g/mol. The quantitative estimate of drug-likeness (QED) is 0.516. The maximum Gasteiger partial charge on any atom is 0.123 e. The van der Waals surface area contributed by atoms with Crippen LogP contribution in [0, 0.1) is 5.82 Å². The number of hydrogen-bond donors (Lipinski definition) is 1. The number of benzene rings is 2. The van der Waals surface area contributed by atoms with Gasteiger partial charge in [0.2, 0.25) is 0 Å².